The van der Waals surface area contributed by atoms with Crippen molar-refractivity contribution in [1.29, 1.82) is 0 Å². The summed E-state index contributed by atoms with van der Waals surface area (Å²) in [5.74, 6) is 0.505. The highest BCUT2D eigenvalue weighted by atomic mass is 32.2. The average Bonchev–Trinajstić information content (AvgIpc) is 2.39. The molecule has 0 radical (unpaired) electrons. The molecule has 0 aliphatic carbocycles. The van der Waals surface area contributed by atoms with Crippen molar-refractivity contribution in [3.05, 3.63) is 30.1 Å². The lowest BCUT2D eigenvalue weighted by atomic mass is 10.0. The van der Waals surface area contributed by atoms with Crippen molar-refractivity contribution in [3.63, 3.8) is 0 Å². The zero-order valence-corrected chi connectivity index (χ0v) is 11.9. The summed E-state index contributed by atoms with van der Waals surface area (Å²) in [7, 11) is -2.85. The summed E-state index contributed by atoms with van der Waals surface area (Å²) < 4.78 is 22.9. The Morgan fingerprint density at radius 3 is 2.50 bits per heavy atom. The molecule has 0 aromatic carbocycles. The quantitative estimate of drug-likeness (QED) is 0.784. The van der Waals surface area contributed by atoms with E-state index >= 15 is 0 Å². The van der Waals surface area contributed by atoms with E-state index in [4.69, 9.17) is 0 Å². The molecule has 0 aliphatic rings. The van der Waals surface area contributed by atoms with Crippen molar-refractivity contribution in [2.45, 2.75) is 32.7 Å². The van der Waals surface area contributed by atoms with E-state index in [2.05, 4.69) is 17.2 Å². The standard InChI is InChI=1S/C13H22N2O2S/c1-3-15-13(12-7-9-14-10-8-12)6-5-11-18(16,17)4-2/h7-10,13,15H,3-6,11H2,1-2H3. The van der Waals surface area contributed by atoms with Crippen LogP contribution >= 0.6 is 0 Å². The van der Waals surface area contributed by atoms with Gasteiger partial charge in [0.2, 0.25) is 0 Å². The minimum absolute atomic E-state index is 0.213. The summed E-state index contributed by atoms with van der Waals surface area (Å²) >= 11 is 0. The van der Waals surface area contributed by atoms with Gasteiger partial charge in [0.1, 0.15) is 9.84 Å². The first-order chi connectivity index (χ1) is 8.59. The normalized spacial score (nSPS) is 13.4. The van der Waals surface area contributed by atoms with Crippen LogP contribution in [0, 0.1) is 0 Å². The Morgan fingerprint density at radius 1 is 1.28 bits per heavy atom. The van der Waals surface area contributed by atoms with E-state index in [1.807, 2.05) is 12.1 Å². The second-order valence-electron chi connectivity index (χ2n) is 4.27. The number of nitrogens with one attached hydrogen (secondary N) is 1. The van der Waals surface area contributed by atoms with Gasteiger partial charge in [0.05, 0.1) is 5.75 Å². The lowest BCUT2D eigenvalue weighted by molar-refractivity contribution is 0.506. The second-order valence-corrected chi connectivity index (χ2v) is 6.74. The van der Waals surface area contributed by atoms with Crippen molar-refractivity contribution >= 4 is 9.84 Å². The van der Waals surface area contributed by atoms with Crippen LogP contribution in [0.4, 0.5) is 0 Å². The van der Waals surface area contributed by atoms with E-state index in [1.165, 1.54) is 5.56 Å². The van der Waals surface area contributed by atoms with Crippen LogP contribution in [0.25, 0.3) is 0 Å². The van der Waals surface area contributed by atoms with Gasteiger partial charge in [0.15, 0.2) is 0 Å². The monoisotopic (exact) mass is 270 g/mol. The largest absolute Gasteiger partial charge is 0.310 e. The lowest BCUT2D eigenvalue weighted by Gasteiger charge is -2.18. The molecule has 0 bridgehead atoms. The maximum Gasteiger partial charge on any atom is 0.150 e. The van der Waals surface area contributed by atoms with E-state index < -0.39 is 9.84 Å². The van der Waals surface area contributed by atoms with Crippen LogP contribution in [-0.2, 0) is 9.84 Å². The number of rotatable bonds is 8. The number of pyridine rings is 1. The molecule has 4 nitrogen and oxygen atoms in total. The summed E-state index contributed by atoms with van der Waals surface area (Å²) in [5.41, 5.74) is 1.17. The third-order valence-electron chi connectivity index (χ3n) is 2.95. The van der Waals surface area contributed by atoms with Crippen LogP contribution in [0.2, 0.25) is 0 Å². The first-order valence-electron chi connectivity index (χ1n) is 6.42. The molecule has 1 rings (SSSR count). The molecule has 1 aromatic rings. The second kappa shape index (κ2) is 7.48. The Kier molecular flexibility index (Phi) is 6.29. The fraction of sp³-hybridized carbons (Fsp3) is 0.615. The average molecular weight is 270 g/mol. The fourth-order valence-electron chi connectivity index (χ4n) is 1.88. The summed E-state index contributed by atoms with van der Waals surface area (Å²) in [6.45, 7) is 4.62. The van der Waals surface area contributed by atoms with Crippen LogP contribution in [0.15, 0.2) is 24.5 Å². The van der Waals surface area contributed by atoms with E-state index in [-0.39, 0.29) is 17.5 Å². The van der Waals surface area contributed by atoms with Gasteiger partial charge in [-0.3, -0.25) is 4.98 Å². The highest BCUT2D eigenvalue weighted by molar-refractivity contribution is 7.91. The molecule has 0 saturated heterocycles. The van der Waals surface area contributed by atoms with Crippen LogP contribution in [0.5, 0.6) is 0 Å². The number of aromatic nitrogens is 1. The van der Waals surface area contributed by atoms with Gasteiger partial charge in [-0.05, 0) is 37.1 Å². The van der Waals surface area contributed by atoms with Crippen LogP contribution in [0.3, 0.4) is 0 Å². The number of sulfone groups is 1. The first kappa shape index (κ1) is 15.1. The van der Waals surface area contributed by atoms with Crippen LogP contribution < -0.4 is 5.32 Å². The highest BCUT2D eigenvalue weighted by Gasteiger charge is 2.12. The SMILES string of the molecule is CCNC(CCCS(=O)(=O)CC)c1ccncc1. The molecule has 0 amide bonds. The maximum absolute atomic E-state index is 11.4. The van der Waals surface area contributed by atoms with Crippen molar-refractivity contribution in [3.8, 4) is 0 Å². The Bertz CT molecular complexity index is 432. The molecular formula is C13H22N2O2S. The van der Waals surface area contributed by atoms with E-state index in [9.17, 15) is 8.42 Å². The van der Waals surface area contributed by atoms with Gasteiger partial charge in [-0.25, -0.2) is 8.42 Å². The zero-order valence-electron chi connectivity index (χ0n) is 11.1. The molecule has 1 unspecified atom stereocenters. The van der Waals surface area contributed by atoms with Crippen molar-refractivity contribution in [1.82, 2.24) is 10.3 Å². The van der Waals surface area contributed by atoms with Crippen molar-refractivity contribution < 1.29 is 8.42 Å². The summed E-state index contributed by atoms with van der Waals surface area (Å²) in [4.78, 5) is 4.00. The zero-order chi connectivity index (χ0) is 13.4. The number of nitrogens with zero attached hydrogens (tertiary/aromatic N) is 1. The molecule has 0 spiro atoms. The van der Waals surface area contributed by atoms with Crippen LogP contribution in [0.1, 0.15) is 38.3 Å². The molecule has 1 heterocycles. The van der Waals surface area contributed by atoms with Crippen molar-refractivity contribution in [2.24, 2.45) is 0 Å². The smallest absolute Gasteiger partial charge is 0.150 e. The highest BCUT2D eigenvalue weighted by Crippen LogP contribution is 2.18. The van der Waals surface area contributed by atoms with Gasteiger partial charge in [0, 0.05) is 24.2 Å². The third kappa shape index (κ3) is 5.14. The van der Waals surface area contributed by atoms with E-state index in [1.54, 1.807) is 19.3 Å². The van der Waals surface area contributed by atoms with Gasteiger partial charge in [0.25, 0.3) is 0 Å². The minimum Gasteiger partial charge on any atom is -0.310 e. The number of hydrogen-bond donors (Lipinski definition) is 1. The Morgan fingerprint density at radius 2 is 1.94 bits per heavy atom. The molecular weight excluding hydrogens is 248 g/mol. The van der Waals surface area contributed by atoms with Crippen LogP contribution in [-0.4, -0.2) is 31.5 Å². The molecule has 1 aromatic heterocycles. The minimum atomic E-state index is -2.85. The topological polar surface area (TPSA) is 59.1 Å². The number of hydrogen-bond acceptors (Lipinski definition) is 4. The molecule has 102 valence electrons. The van der Waals surface area contributed by atoms with Gasteiger partial charge < -0.3 is 5.32 Å². The molecule has 1 atom stereocenters. The van der Waals surface area contributed by atoms with Crippen molar-refractivity contribution in [2.75, 3.05) is 18.1 Å². The predicted octanol–water partition coefficient (Wildman–Crippen LogP) is 1.95. The predicted molar refractivity (Wildman–Crippen MR) is 74.2 cm³/mol. The molecule has 18 heavy (non-hydrogen) atoms. The summed E-state index contributed by atoms with van der Waals surface area (Å²) in [6, 6.07) is 4.16. The molecule has 0 fully saturated rings. The van der Waals surface area contributed by atoms with Gasteiger partial charge >= 0.3 is 0 Å². The molecule has 1 N–H and O–H groups in total. The van der Waals surface area contributed by atoms with Gasteiger partial charge in [-0.2, -0.15) is 0 Å². The lowest BCUT2D eigenvalue weighted by Crippen LogP contribution is -2.22. The Balaban J connectivity index is 2.54. The summed E-state index contributed by atoms with van der Waals surface area (Å²) in [6.07, 6.45) is 5.05. The molecule has 0 saturated carbocycles. The Hall–Kier alpha value is -0.940. The fourth-order valence-corrected chi connectivity index (χ4v) is 2.78. The van der Waals surface area contributed by atoms with Gasteiger partial charge in [-0.15, -0.1) is 0 Å². The summed E-state index contributed by atoms with van der Waals surface area (Å²) in [5, 5.41) is 3.38. The third-order valence-corrected chi connectivity index (χ3v) is 4.74. The maximum atomic E-state index is 11.4. The Labute approximate surface area is 110 Å². The van der Waals surface area contributed by atoms with E-state index in [0.29, 0.717) is 6.42 Å². The van der Waals surface area contributed by atoms with E-state index in [0.717, 1.165) is 13.0 Å². The molecule has 5 heteroatoms. The first-order valence-corrected chi connectivity index (χ1v) is 8.25. The molecule has 0 aliphatic heterocycles. The van der Waals surface area contributed by atoms with Gasteiger partial charge in [-0.1, -0.05) is 13.8 Å².